The van der Waals surface area contributed by atoms with Gasteiger partial charge in [-0.3, -0.25) is 4.79 Å². The summed E-state index contributed by atoms with van der Waals surface area (Å²) in [4.78, 5) is 11.8. The number of benzene rings is 1. The van der Waals surface area contributed by atoms with Crippen molar-refractivity contribution in [2.45, 2.75) is 26.9 Å². The van der Waals surface area contributed by atoms with Crippen molar-refractivity contribution < 1.29 is 14.6 Å². The fourth-order valence-electron chi connectivity index (χ4n) is 1.51. The molecule has 0 saturated carbocycles. The third-order valence-corrected chi connectivity index (χ3v) is 3.41. The molecule has 1 rings (SSSR count). The largest absolute Gasteiger partial charge is 0.465 e. The van der Waals surface area contributed by atoms with E-state index < -0.39 is 17.5 Å². The number of hydrogen-bond acceptors (Lipinski definition) is 3. The Morgan fingerprint density at radius 2 is 2.06 bits per heavy atom. The summed E-state index contributed by atoms with van der Waals surface area (Å²) in [5.74, 6) is -0.400. The first kappa shape index (κ1) is 14.2. The molecule has 1 aromatic carbocycles. The lowest BCUT2D eigenvalue weighted by atomic mass is 9.83. The van der Waals surface area contributed by atoms with Crippen LogP contribution in [0.3, 0.4) is 0 Å². The molecule has 0 aliphatic heterocycles. The number of carbonyl (C=O) groups is 1. The van der Waals surface area contributed by atoms with Crippen LogP contribution in [-0.4, -0.2) is 17.7 Å². The molecule has 0 spiro atoms. The van der Waals surface area contributed by atoms with Gasteiger partial charge in [-0.1, -0.05) is 34.1 Å². The molecule has 3 nitrogen and oxygen atoms in total. The first-order valence-electron chi connectivity index (χ1n) is 5.51. The SMILES string of the molecule is CCOC(=O)C(C)(C)C(O)c1ccccc1Br. The van der Waals surface area contributed by atoms with Gasteiger partial charge >= 0.3 is 5.97 Å². The van der Waals surface area contributed by atoms with Gasteiger partial charge in [0.1, 0.15) is 0 Å². The van der Waals surface area contributed by atoms with Crippen LogP contribution in [-0.2, 0) is 9.53 Å². The zero-order chi connectivity index (χ0) is 13.1. The zero-order valence-electron chi connectivity index (χ0n) is 10.2. The van der Waals surface area contributed by atoms with E-state index in [-0.39, 0.29) is 0 Å². The molecule has 1 N–H and O–H groups in total. The van der Waals surface area contributed by atoms with E-state index in [2.05, 4.69) is 15.9 Å². The second kappa shape index (κ2) is 5.65. The summed E-state index contributed by atoms with van der Waals surface area (Å²) in [7, 11) is 0. The first-order valence-corrected chi connectivity index (χ1v) is 6.30. The van der Waals surface area contributed by atoms with Gasteiger partial charge in [-0.2, -0.15) is 0 Å². The maximum Gasteiger partial charge on any atom is 0.314 e. The topological polar surface area (TPSA) is 46.5 Å². The van der Waals surface area contributed by atoms with E-state index in [1.54, 1.807) is 26.8 Å². The van der Waals surface area contributed by atoms with E-state index in [1.807, 2.05) is 18.2 Å². The van der Waals surface area contributed by atoms with Crippen molar-refractivity contribution in [3.05, 3.63) is 34.3 Å². The van der Waals surface area contributed by atoms with Gasteiger partial charge in [0.05, 0.1) is 18.1 Å². The zero-order valence-corrected chi connectivity index (χ0v) is 11.8. The molecule has 0 aliphatic carbocycles. The predicted molar refractivity (Wildman–Crippen MR) is 69.5 cm³/mol. The Labute approximate surface area is 110 Å². The van der Waals surface area contributed by atoms with Crippen molar-refractivity contribution >= 4 is 21.9 Å². The summed E-state index contributed by atoms with van der Waals surface area (Å²) in [5, 5.41) is 10.3. The van der Waals surface area contributed by atoms with E-state index in [0.29, 0.717) is 12.2 Å². The predicted octanol–water partition coefficient (Wildman–Crippen LogP) is 3.07. The minimum Gasteiger partial charge on any atom is -0.465 e. The van der Waals surface area contributed by atoms with Crippen molar-refractivity contribution in [2.75, 3.05) is 6.61 Å². The molecule has 1 unspecified atom stereocenters. The van der Waals surface area contributed by atoms with Gasteiger partial charge < -0.3 is 9.84 Å². The van der Waals surface area contributed by atoms with E-state index in [4.69, 9.17) is 4.74 Å². The van der Waals surface area contributed by atoms with Crippen LogP contribution < -0.4 is 0 Å². The Bertz CT molecular complexity index is 401. The van der Waals surface area contributed by atoms with Crippen LogP contribution in [0, 0.1) is 5.41 Å². The van der Waals surface area contributed by atoms with E-state index in [0.717, 1.165) is 4.47 Å². The van der Waals surface area contributed by atoms with Gasteiger partial charge in [0.2, 0.25) is 0 Å². The van der Waals surface area contributed by atoms with Crippen molar-refractivity contribution in [3.63, 3.8) is 0 Å². The molecule has 0 saturated heterocycles. The van der Waals surface area contributed by atoms with Gasteiger partial charge in [-0.15, -0.1) is 0 Å². The molecular formula is C13H17BrO3. The second-order valence-electron chi connectivity index (χ2n) is 4.37. The van der Waals surface area contributed by atoms with Crippen LogP contribution in [0.2, 0.25) is 0 Å². The molecule has 0 aromatic heterocycles. The van der Waals surface area contributed by atoms with Crippen LogP contribution in [0.4, 0.5) is 0 Å². The maximum atomic E-state index is 11.8. The number of hydrogen-bond donors (Lipinski definition) is 1. The highest BCUT2D eigenvalue weighted by molar-refractivity contribution is 9.10. The lowest BCUT2D eigenvalue weighted by Gasteiger charge is -2.28. The van der Waals surface area contributed by atoms with Gasteiger partial charge in [0.15, 0.2) is 0 Å². The third kappa shape index (κ3) is 3.07. The molecule has 17 heavy (non-hydrogen) atoms. The van der Waals surface area contributed by atoms with E-state index in [9.17, 15) is 9.90 Å². The van der Waals surface area contributed by atoms with Crippen LogP contribution in [0.15, 0.2) is 28.7 Å². The number of ether oxygens (including phenoxy) is 1. The van der Waals surface area contributed by atoms with Crippen LogP contribution in [0.1, 0.15) is 32.4 Å². The Hall–Kier alpha value is -0.870. The van der Waals surface area contributed by atoms with Crippen LogP contribution in [0.5, 0.6) is 0 Å². The van der Waals surface area contributed by atoms with E-state index in [1.165, 1.54) is 0 Å². The second-order valence-corrected chi connectivity index (χ2v) is 5.22. The summed E-state index contributed by atoms with van der Waals surface area (Å²) < 4.78 is 5.76. The Morgan fingerprint density at radius 3 is 2.59 bits per heavy atom. The first-order chi connectivity index (χ1) is 7.91. The fraction of sp³-hybridized carbons (Fsp3) is 0.462. The molecule has 1 aromatic rings. The molecular weight excluding hydrogens is 284 g/mol. The summed E-state index contributed by atoms with van der Waals surface area (Å²) in [6.07, 6.45) is -0.905. The normalized spacial score (nSPS) is 13.2. The number of carbonyl (C=O) groups excluding carboxylic acids is 1. The van der Waals surface area contributed by atoms with Gasteiger partial charge in [0, 0.05) is 4.47 Å². The number of rotatable bonds is 4. The van der Waals surface area contributed by atoms with Crippen LogP contribution >= 0.6 is 15.9 Å². The number of aliphatic hydroxyl groups is 1. The Morgan fingerprint density at radius 1 is 1.47 bits per heavy atom. The molecule has 94 valence electrons. The lowest BCUT2D eigenvalue weighted by molar-refractivity contribution is -0.160. The van der Waals surface area contributed by atoms with Crippen LogP contribution in [0.25, 0.3) is 0 Å². The summed E-state index contributed by atoms with van der Waals surface area (Å²) in [6, 6.07) is 7.30. The minimum absolute atomic E-state index is 0.310. The molecule has 0 bridgehead atoms. The molecule has 1 atom stereocenters. The average molecular weight is 301 g/mol. The molecule has 0 amide bonds. The summed E-state index contributed by atoms with van der Waals surface area (Å²) in [6.45, 7) is 5.41. The smallest absolute Gasteiger partial charge is 0.314 e. The monoisotopic (exact) mass is 300 g/mol. The molecule has 0 radical (unpaired) electrons. The van der Waals surface area contributed by atoms with Crippen molar-refractivity contribution in [1.29, 1.82) is 0 Å². The lowest BCUT2D eigenvalue weighted by Crippen LogP contribution is -2.33. The average Bonchev–Trinajstić information content (AvgIpc) is 2.29. The third-order valence-electron chi connectivity index (χ3n) is 2.68. The molecule has 0 heterocycles. The van der Waals surface area contributed by atoms with Gasteiger partial charge in [-0.05, 0) is 32.4 Å². The highest BCUT2D eigenvalue weighted by Gasteiger charge is 2.38. The number of halogens is 1. The number of esters is 1. The summed E-state index contributed by atoms with van der Waals surface area (Å²) >= 11 is 3.37. The van der Waals surface area contributed by atoms with Crippen molar-refractivity contribution in [1.82, 2.24) is 0 Å². The van der Waals surface area contributed by atoms with Crippen molar-refractivity contribution in [3.8, 4) is 0 Å². The highest BCUT2D eigenvalue weighted by Crippen LogP contribution is 2.37. The Kier molecular flexibility index (Phi) is 4.71. The minimum atomic E-state index is -0.972. The highest BCUT2D eigenvalue weighted by atomic mass is 79.9. The van der Waals surface area contributed by atoms with Crippen molar-refractivity contribution in [2.24, 2.45) is 5.41 Å². The molecule has 0 fully saturated rings. The van der Waals surface area contributed by atoms with Gasteiger partial charge in [0.25, 0.3) is 0 Å². The number of aliphatic hydroxyl groups excluding tert-OH is 1. The Balaban J connectivity index is 3.00. The fourth-order valence-corrected chi connectivity index (χ4v) is 2.02. The summed E-state index contributed by atoms with van der Waals surface area (Å²) in [5.41, 5.74) is -0.287. The standard InChI is InChI=1S/C13H17BrO3/c1-4-17-12(16)13(2,3)11(15)9-7-5-6-8-10(9)14/h5-8,11,15H,4H2,1-3H3. The van der Waals surface area contributed by atoms with E-state index >= 15 is 0 Å². The quantitative estimate of drug-likeness (QED) is 0.869. The molecule has 0 aliphatic rings. The van der Waals surface area contributed by atoms with Gasteiger partial charge in [-0.25, -0.2) is 0 Å². The maximum absolute atomic E-state index is 11.8. The molecule has 4 heteroatoms.